The summed E-state index contributed by atoms with van der Waals surface area (Å²) in [6.45, 7) is 12.9. The standard InChI is InChI=1S/C24H35Cl2N3O/c1-16(2)22(27-12-18-11-20(26)13-28-23(18)30)14-29-10-9-21(24(3,4)15-29)17-5-7-19(25)8-6-17/h5-7,11,13,16,19,21-22,27H,8-10,12,14-15H2,1-4H3,(H,28,30)/t19?,21-,22+/m1/s1. The van der Waals surface area contributed by atoms with Crippen LogP contribution in [0.1, 0.15) is 46.1 Å². The number of H-pyrrole nitrogens is 1. The van der Waals surface area contributed by atoms with E-state index in [1.807, 2.05) is 0 Å². The van der Waals surface area contributed by atoms with Crippen LogP contribution in [0.15, 0.2) is 40.9 Å². The lowest BCUT2D eigenvalue weighted by Gasteiger charge is -2.46. The van der Waals surface area contributed by atoms with Crippen molar-refractivity contribution < 1.29 is 0 Å². The van der Waals surface area contributed by atoms with Crippen LogP contribution in [0.4, 0.5) is 0 Å². The van der Waals surface area contributed by atoms with Crippen molar-refractivity contribution in [2.75, 3.05) is 19.6 Å². The first-order valence-electron chi connectivity index (χ1n) is 11.0. The molecule has 0 bridgehead atoms. The Morgan fingerprint density at radius 2 is 2.13 bits per heavy atom. The number of allylic oxidation sites excluding steroid dienone is 4. The fourth-order valence-electron chi connectivity index (χ4n) is 4.77. The monoisotopic (exact) mass is 451 g/mol. The maximum Gasteiger partial charge on any atom is 0.252 e. The minimum Gasteiger partial charge on any atom is -0.327 e. The number of rotatable bonds is 7. The number of hydrogen-bond acceptors (Lipinski definition) is 3. The van der Waals surface area contributed by atoms with E-state index >= 15 is 0 Å². The highest BCUT2D eigenvalue weighted by molar-refractivity contribution is 6.30. The minimum atomic E-state index is -0.0793. The molecule has 0 aromatic carbocycles. The minimum absolute atomic E-state index is 0.0793. The number of aromatic amines is 1. The third kappa shape index (κ3) is 6.00. The van der Waals surface area contributed by atoms with Crippen molar-refractivity contribution in [3.63, 3.8) is 0 Å². The Morgan fingerprint density at radius 3 is 2.77 bits per heavy atom. The van der Waals surface area contributed by atoms with Gasteiger partial charge in [-0.1, -0.05) is 57.5 Å². The summed E-state index contributed by atoms with van der Waals surface area (Å²) in [5, 5.41) is 4.30. The fourth-order valence-corrected chi connectivity index (χ4v) is 5.12. The lowest BCUT2D eigenvalue weighted by Crippen LogP contribution is -2.52. The van der Waals surface area contributed by atoms with Gasteiger partial charge in [0.05, 0.1) is 10.4 Å². The van der Waals surface area contributed by atoms with E-state index in [0.717, 1.165) is 32.5 Å². The Hall–Kier alpha value is -1.07. The first-order valence-corrected chi connectivity index (χ1v) is 11.8. The van der Waals surface area contributed by atoms with Gasteiger partial charge in [0.25, 0.3) is 5.56 Å². The van der Waals surface area contributed by atoms with Crippen molar-refractivity contribution in [2.45, 2.75) is 58.5 Å². The number of alkyl halides is 1. The second-order valence-electron chi connectivity index (χ2n) is 9.78. The van der Waals surface area contributed by atoms with Gasteiger partial charge in [-0.25, -0.2) is 0 Å². The predicted molar refractivity (Wildman–Crippen MR) is 127 cm³/mol. The summed E-state index contributed by atoms with van der Waals surface area (Å²) in [6.07, 6.45) is 10.3. The van der Waals surface area contributed by atoms with Crippen LogP contribution in [0, 0.1) is 17.3 Å². The molecule has 3 atom stereocenters. The van der Waals surface area contributed by atoms with E-state index in [4.69, 9.17) is 23.2 Å². The van der Waals surface area contributed by atoms with Crippen LogP contribution in [-0.2, 0) is 6.54 Å². The van der Waals surface area contributed by atoms with Crippen molar-refractivity contribution in [1.82, 2.24) is 15.2 Å². The van der Waals surface area contributed by atoms with Gasteiger partial charge >= 0.3 is 0 Å². The van der Waals surface area contributed by atoms with E-state index < -0.39 is 0 Å². The average molecular weight is 452 g/mol. The van der Waals surface area contributed by atoms with Gasteiger partial charge in [0.1, 0.15) is 0 Å². The normalized spacial score (nSPS) is 25.4. The highest BCUT2D eigenvalue weighted by Gasteiger charge is 2.38. The van der Waals surface area contributed by atoms with Gasteiger partial charge in [-0.2, -0.15) is 0 Å². The summed E-state index contributed by atoms with van der Waals surface area (Å²) in [5.41, 5.74) is 2.26. The van der Waals surface area contributed by atoms with Gasteiger partial charge in [-0.05, 0) is 48.3 Å². The zero-order valence-electron chi connectivity index (χ0n) is 18.6. The van der Waals surface area contributed by atoms with E-state index in [2.05, 4.69) is 61.1 Å². The Bertz CT molecular complexity index is 843. The molecule has 0 saturated carbocycles. The molecule has 1 aliphatic carbocycles. The van der Waals surface area contributed by atoms with E-state index in [1.54, 1.807) is 6.07 Å². The number of aromatic nitrogens is 1. The number of pyridine rings is 1. The number of hydrogen-bond donors (Lipinski definition) is 2. The van der Waals surface area contributed by atoms with Crippen LogP contribution in [0.25, 0.3) is 0 Å². The maximum absolute atomic E-state index is 12.1. The number of likely N-dealkylation sites (tertiary alicyclic amines) is 1. The molecule has 3 rings (SSSR count). The average Bonchev–Trinajstić information content (AvgIpc) is 2.67. The van der Waals surface area contributed by atoms with Crippen LogP contribution in [0.5, 0.6) is 0 Å². The molecule has 1 saturated heterocycles. The first-order chi connectivity index (χ1) is 14.2. The quantitative estimate of drug-likeness (QED) is 0.574. The van der Waals surface area contributed by atoms with E-state index in [9.17, 15) is 4.79 Å². The predicted octanol–water partition coefficient (Wildman–Crippen LogP) is 4.98. The molecule has 1 unspecified atom stereocenters. The number of nitrogens with zero attached hydrogens (tertiary/aromatic N) is 1. The van der Waals surface area contributed by atoms with Crippen molar-refractivity contribution in [3.8, 4) is 0 Å². The summed E-state index contributed by atoms with van der Waals surface area (Å²) in [6, 6.07) is 2.05. The molecule has 2 N–H and O–H groups in total. The molecular weight excluding hydrogens is 417 g/mol. The molecular formula is C24H35Cl2N3O. The molecule has 0 radical (unpaired) electrons. The summed E-state index contributed by atoms with van der Waals surface area (Å²) >= 11 is 12.3. The molecule has 6 heteroatoms. The Labute approximate surface area is 190 Å². The van der Waals surface area contributed by atoms with Crippen LogP contribution >= 0.6 is 23.2 Å². The molecule has 0 amide bonds. The SMILES string of the molecule is CC(C)[C@H](CN1CC[C@H](C2=CCC(Cl)C=C2)C(C)(C)C1)NCc1cc(Cl)c[nH]c1=O. The number of nitrogens with one attached hydrogen (secondary N) is 2. The van der Waals surface area contributed by atoms with Crippen LogP contribution in [0.2, 0.25) is 5.02 Å². The molecule has 4 nitrogen and oxygen atoms in total. The summed E-state index contributed by atoms with van der Waals surface area (Å²) < 4.78 is 0. The highest BCUT2D eigenvalue weighted by atomic mass is 35.5. The van der Waals surface area contributed by atoms with Crippen molar-refractivity contribution >= 4 is 23.2 Å². The molecule has 30 heavy (non-hydrogen) atoms. The molecule has 1 fully saturated rings. The fraction of sp³-hybridized carbons (Fsp3) is 0.625. The van der Waals surface area contributed by atoms with Gasteiger partial charge in [0.2, 0.25) is 0 Å². The smallest absolute Gasteiger partial charge is 0.252 e. The third-order valence-electron chi connectivity index (χ3n) is 6.55. The third-order valence-corrected chi connectivity index (χ3v) is 7.09. The van der Waals surface area contributed by atoms with Crippen LogP contribution in [-0.4, -0.2) is 40.9 Å². The molecule has 2 aliphatic rings. The van der Waals surface area contributed by atoms with Crippen LogP contribution < -0.4 is 10.9 Å². The lowest BCUT2D eigenvalue weighted by molar-refractivity contribution is 0.0630. The van der Waals surface area contributed by atoms with Gasteiger partial charge in [-0.3, -0.25) is 4.79 Å². The van der Waals surface area contributed by atoms with Gasteiger partial charge in [-0.15, -0.1) is 11.6 Å². The maximum atomic E-state index is 12.1. The highest BCUT2D eigenvalue weighted by Crippen LogP contribution is 2.41. The number of halogens is 2. The Kier molecular flexibility index (Phi) is 7.89. The lowest BCUT2D eigenvalue weighted by atomic mass is 9.69. The van der Waals surface area contributed by atoms with Gasteiger partial charge in [0, 0.05) is 37.4 Å². The Balaban J connectivity index is 1.61. The molecule has 2 heterocycles. The van der Waals surface area contributed by atoms with Crippen molar-refractivity contribution in [2.24, 2.45) is 17.3 Å². The van der Waals surface area contributed by atoms with E-state index in [1.165, 1.54) is 11.8 Å². The van der Waals surface area contributed by atoms with Crippen LogP contribution in [0.3, 0.4) is 0 Å². The largest absolute Gasteiger partial charge is 0.327 e. The number of piperidine rings is 1. The topological polar surface area (TPSA) is 48.1 Å². The van der Waals surface area contributed by atoms with Crippen molar-refractivity contribution in [1.29, 1.82) is 0 Å². The summed E-state index contributed by atoms with van der Waals surface area (Å²) in [7, 11) is 0. The zero-order chi connectivity index (χ0) is 21.9. The van der Waals surface area contributed by atoms with Gasteiger partial charge in [0.15, 0.2) is 0 Å². The Morgan fingerprint density at radius 1 is 1.37 bits per heavy atom. The molecule has 166 valence electrons. The molecule has 0 spiro atoms. The molecule has 1 aromatic heterocycles. The molecule has 1 aliphatic heterocycles. The molecule has 1 aromatic rings. The van der Waals surface area contributed by atoms with Crippen molar-refractivity contribution in [3.05, 3.63) is 57.0 Å². The zero-order valence-corrected chi connectivity index (χ0v) is 20.1. The van der Waals surface area contributed by atoms with Gasteiger partial charge < -0.3 is 15.2 Å². The second kappa shape index (κ2) is 10.0. The first kappa shape index (κ1) is 23.6. The second-order valence-corrected chi connectivity index (χ2v) is 10.8. The van der Waals surface area contributed by atoms with E-state index in [0.29, 0.717) is 35.0 Å². The summed E-state index contributed by atoms with van der Waals surface area (Å²) in [5.74, 6) is 1.04. The van der Waals surface area contributed by atoms with E-state index in [-0.39, 0.29) is 16.4 Å². The summed E-state index contributed by atoms with van der Waals surface area (Å²) in [4.78, 5) is 17.3.